The zero-order valence-electron chi connectivity index (χ0n) is 14.5. The van der Waals surface area contributed by atoms with E-state index in [-0.39, 0.29) is 0 Å². The maximum absolute atomic E-state index is 6.14. The van der Waals surface area contributed by atoms with E-state index in [9.17, 15) is 0 Å². The number of benzene rings is 1. The van der Waals surface area contributed by atoms with Crippen LogP contribution in [-0.4, -0.2) is 31.3 Å². The van der Waals surface area contributed by atoms with Crippen LogP contribution in [0.2, 0.25) is 30.7 Å². The van der Waals surface area contributed by atoms with E-state index in [1.54, 1.807) is 7.11 Å². The summed E-state index contributed by atoms with van der Waals surface area (Å²) in [7, 11) is 0.573. The summed E-state index contributed by atoms with van der Waals surface area (Å²) in [4.78, 5) is 4.61. The third kappa shape index (κ3) is 5.09. The topological polar surface area (TPSA) is 36.3 Å². The van der Waals surface area contributed by atoms with Gasteiger partial charge in [-0.25, -0.2) is 4.98 Å². The number of nitrogens with zero attached hydrogens (tertiary/aromatic N) is 2. The number of ether oxygens (including phenoxy) is 2. The molecule has 0 aliphatic heterocycles. The fraction of sp³-hybridized carbons (Fsp3) is 0.471. The number of imidazole rings is 1. The normalized spacial score (nSPS) is 11.7. The van der Waals surface area contributed by atoms with Gasteiger partial charge < -0.3 is 14.0 Å². The lowest BCUT2D eigenvalue weighted by atomic mass is 10.2. The van der Waals surface area contributed by atoms with Crippen LogP contribution in [0.25, 0.3) is 11.4 Å². The van der Waals surface area contributed by atoms with Crippen molar-refractivity contribution >= 4 is 19.7 Å². The molecule has 0 fully saturated rings. The Labute approximate surface area is 144 Å². The molecule has 126 valence electrons. The molecule has 0 saturated heterocycles. The van der Waals surface area contributed by atoms with Gasteiger partial charge in [0, 0.05) is 25.9 Å². The smallest absolute Gasteiger partial charge is 0.145 e. The Morgan fingerprint density at radius 2 is 2.00 bits per heavy atom. The lowest BCUT2D eigenvalue weighted by Crippen LogP contribution is -2.22. The summed E-state index contributed by atoms with van der Waals surface area (Å²) in [6.45, 7) is 10.3. The van der Waals surface area contributed by atoms with Gasteiger partial charge in [-0.1, -0.05) is 31.2 Å². The average Bonchev–Trinajstić information content (AvgIpc) is 2.83. The number of aryl methyl sites for hydroxylation is 1. The SMILES string of the molecule is COc1ccc(Cl)cc1-c1nc(C)cn1COCC[Si](C)(C)C. The van der Waals surface area contributed by atoms with E-state index in [0.717, 1.165) is 35.5 Å². The minimum Gasteiger partial charge on any atom is -0.496 e. The van der Waals surface area contributed by atoms with Crippen molar-refractivity contribution in [1.82, 2.24) is 9.55 Å². The summed E-state index contributed by atoms with van der Waals surface area (Å²) in [6, 6.07) is 6.70. The first-order chi connectivity index (χ1) is 10.8. The van der Waals surface area contributed by atoms with Crippen molar-refractivity contribution in [3.63, 3.8) is 0 Å². The second-order valence-corrected chi connectivity index (χ2v) is 12.9. The number of hydrogen-bond acceptors (Lipinski definition) is 3. The minimum atomic E-state index is -1.08. The van der Waals surface area contributed by atoms with Gasteiger partial charge >= 0.3 is 0 Å². The van der Waals surface area contributed by atoms with Crippen molar-refractivity contribution in [3.05, 3.63) is 35.1 Å². The van der Waals surface area contributed by atoms with Gasteiger partial charge in [-0.15, -0.1) is 0 Å². The molecule has 0 aliphatic carbocycles. The largest absolute Gasteiger partial charge is 0.496 e. The van der Waals surface area contributed by atoms with Crippen molar-refractivity contribution in [1.29, 1.82) is 0 Å². The first-order valence-electron chi connectivity index (χ1n) is 7.75. The van der Waals surface area contributed by atoms with Gasteiger partial charge in [0.05, 0.1) is 18.4 Å². The van der Waals surface area contributed by atoms with Crippen LogP contribution in [0.5, 0.6) is 5.75 Å². The molecule has 1 aromatic heterocycles. The molecule has 0 N–H and O–H groups in total. The molecule has 0 spiro atoms. The van der Waals surface area contributed by atoms with E-state index in [4.69, 9.17) is 21.1 Å². The van der Waals surface area contributed by atoms with Crippen LogP contribution in [-0.2, 0) is 11.5 Å². The van der Waals surface area contributed by atoms with Crippen molar-refractivity contribution in [2.75, 3.05) is 13.7 Å². The molecule has 0 aliphatic rings. The van der Waals surface area contributed by atoms with Gasteiger partial charge in [0.15, 0.2) is 0 Å². The quantitative estimate of drug-likeness (QED) is 0.528. The Kier molecular flexibility index (Phi) is 5.89. The van der Waals surface area contributed by atoms with Gasteiger partial charge in [0.2, 0.25) is 0 Å². The molecular weight excluding hydrogens is 328 g/mol. The predicted octanol–water partition coefficient (Wildman–Crippen LogP) is 4.83. The monoisotopic (exact) mass is 352 g/mol. The Balaban J connectivity index is 2.19. The molecule has 0 saturated carbocycles. The summed E-state index contributed by atoms with van der Waals surface area (Å²) in [6.07, 6.45) is 1.99. The number of aromatic nitrogens is 2. The van der Waals surface area contributed by atoms with Gasteiger partial charge in [-0.05, 0) is 31.2 Å². The maximum atomic E-state index is 6.14. The van der Waals surface area contributed by atoms with Crippen molar-refractivity contribution in [2.45, 2.75) is 39.3 Å². The van der Waals surface area contributed by atoms with E-state index in [0.29, 0.717) is 11.8 Å². The molecule has 0 radical (unpaired) electrons. The minimum absolute atomic E-state index is 0.482. The third-order valence-electron chi connectivity index (χ3n) is 3.53. The fourth-order valence-corrected chi connectivity index (χ4v) is 3.19. The second-order valence-electron chi connectivity index (χ2n) is 6.87. The Morgan fingerprint density at radius 1 is 1.26 bits per heavy atom. The molecule has 0 atom stereocenters. The highest BCUT2D eigenvalue weighted by Gasteiger charge is 2.15. The molecule has 1 aromatic carbocycles. The molecule has 0 bridgehead atoms. The molecule has 2 rings (SSSR count). The summed E-state index contributed by atoms with van der Waals surface area (Å²) < 4.78 is 13.3. The number of hydrogen-bond donors (Lipinski definition) is 0. The second kappa shape index (κ2) is 7.51. The van der Waals surface area contributed by atoms with Crippen LogP contribution in [0.1, 0.15) is 5.69 Å². The zero-order chi connectivity index (χ0) is 17.0. The van der Waals surface area contributed by atoms with Crippen LogP contribution in [0.4, 0.5) is 0 Å². The van der Waals surface area contributed by atoms with Crippen LogP contribution in [0.3, 0.4) is 0 Å². The Bertz CT molecular complexity index is 665. The Morgan fingerprint density at radius 3 is 2.65 bits per heavy atom. The van der Waals surface area contributed by atoms with Crippen LogP contribution >= 0.6 is 11.6 Å². The summed E-state index contributed by atoms with van der Waals surface area (Å²) in [5.41, 5.74) is 1.82. The van der Waals surface area contributed by atoms with E-state index in [1.165, 1.54) is 0 Å². The first-order valence-corrected chi connectivity index (χ1v) is 11.8. The van der Waals surface area contributed by atoms with E-state index in [2.05, 4.69) is 24.6 Å². The molecule has 1 heterocycles. The van der Waals surface area contributed by atoms with Crippen molar-refractivity contribution < 1.29 is 9.47 Å². The van der Waals surface area contributed by atoms with E-state index in [1.807, 2.05) is 35.9 Å². The van der Waals surface area contributed by atoms with Gasteiger partial charge in [0.25, 0.3) is 0 Å². The molecule has 0 unspecified atom stereocenters. The van der Waals surface area contributed by atoms with Gasteiger partial charge in [0.1, 0.15) is 18.3 Å². The lowest BCUT2D eigenvalue weighted by molar-refractivity contribution is 0.0882. The highest BCUT2D eigenvalue weighted by molar-refractivity contribution is 6.76. The molecule has 4 nitrogen and oxygen atoms in total. The van der Waals surface area contributed by atoms with Gasteiger partial charge in [-0.3, -0.25) is 0 Å². The maximum Gasteiger partial charge on any atom is 0.145 e. The van der Waals surface area contributed by atoms with Crippen LogP contribution < -0.4 is 4.74 Å². The summed E-state index contributed by atoms with van der Waals surface area (Å²) in [5, 5.41) is 0.660. The molecular formula is C17H25ClN2O2Si. The van der Waals surface area contributed by atoms with E-state index >= 15 is 0 Å². The highest BCUT2D eigenvalue weighted by atomic mass is 35.5. The highest BCUT2D eigenvalue weighted by Crippen LogP contribution is 2.32. The summed E-state index contributed by atoms with van der Waals surface area (Å²) in [5.74, 6) is 1.57. The lowest BCUT2D eigenvalue weighted by Gasteiger charge is -2.16. The van der Waals surface area contributed by atoms with Gasteiger partial charge in [-0.2, -0.15) is 0 Å². The molecule has 6 heteroatoms. The Hall–Kier alpha value is -1.30. The number of halogens is 1. The molecule has 2 aromatic rings. The molecule has 0 amide bonds. The van der Waals surface area contributed by atoms with Crippen molar-refractivity contribution in [2.24, 2.45) is 0 Å². The average molecular weight is 353 g/mol. The zero-order valence-corrected chi connectivity index (χ0v) is 16.3. The predicted molar refractivity (Wildman–Crippen MR) is 98.1 cm³/mol. The fourth-order valence-electron chi connectivity index (χ4n) is 2.26. The summed E-state index contributed by atoms with van der Waals surface area (Å²) >= 11 is 6.14. The number of methoxy groups -OCH3 is 1. The van der Waals surface area contributed by atoms with Crippen LogP contribution in [0.15, 0.2) is 24.4 Å². The third-order valence-corrected chi connectivity index (χ3v) is 5.47. The standard InChI is InChI=1S/C17H25ClN2O2Si/c1-13-11-20(12-22-8-9-23(3,4)5)17(19-13)15-10-14(18)6-7-16(15)21-2/h6-7,10-11H,8-9,12H2,1-5H3. The van der Waals surface area contributed by atoms with Crippen LogP contribution in [0, 0.1) is 6.92 Å². The molecule has 23 heavy (non-hydrogen) atoms. The van der Waals surface area contributed by atoms with Crippen molar-refractivity contribution in [3.8, 4) is 17.1 Å². The first kappa shape index (κ1) is 18.0. The van der Waals surface area contributed by atoms with E-state index < -0.39 is 8.07 Å². The number of rotatable bonds is 7.